The van der Waals surface area contributed by atoms with Gasteiger partial charge in [0.15, 0.2) is 0 Å². The predicted octanol–water partition coefficient (Wildman–Crippen LogP) is -0.0351. The summed E-state index contributed by atoms with van der Waals surface area (Å²) in [6.45, 7) is 5.43. The van der Waals surface area contributed by atoms with Gasteiger partial charge in [-0.2, -0.15) is 5.10 Å². The molecule has 0 aromatic carbocycles. The van der Waals surface area contributed by atoms with Crippen LogP contribution in [0.3, 0.4) is 0 Å². The summed E-state index contributed by atoms with van der Waals surface area (Å²) < 4.78 is 2.01. The van der Waals surface area contributed by atoms with Gasteiger partial charge >= 0.3 is 0 Å². The van der Waals surface area contributed by atoms with Crippen LogP contribution in [0.25, 0.3) is 0 Å². The average Bonchev–Trinajstić information content (AvgIpc) is 2.61. The molecule has 0 amide bonds. The monoisotopic (exact) mass is 166 g/mol. The van der Waals surface area contributed by atoms with Crippen molar-refractivity contribution in [1.29, 1.82) is 0 Å². The van der Waals surface area contributed by atoms with Crippen LogP contribution in [0.1, 0.15) is 23.9 Å². The van der Waals surface area contributed by atoms with Crippen molar-refractivity contribution in [2.75, 3.05) is 0 Å². The molecule has 0 aliphatic carbocycles. The molecule has 0 saturated carbocycles. The standard InChI is InChI=1S/C8H14N4/c1-2-12-8(3-9)6-4-10-5-7(6)11-12/h10H,2-5,9H2,1H3. The van der Waals surface area contributed by atoms with E-state index in [0.717, 1.165) is 19.6 Å². The van der Waals surface area contributed by atoms with Crippen LogP contribution in [0.15, 0.2) is 0 Å². The van der Waals surface area contributed by atoms with Crippen molar-refractivity contribution in [2.24, 2.45) is 5.73 Å². The van der Waals surface area contributed by atoms with Gasteiger partial charge in [-0.05, 0) is 6.92 Å². The molecule has 0 unspecified atom stereocenters. The first-order valence-corrected chi connectivity index (χ1v) is 4.35. The van der Waals surface area contributed by atoms with E-state index in [4.69, 9.17) is 5.73 Å². The smallest absolute Gasteiger partial charge is 0.0810 e. The van der Waals surface area contributed by atoms with E-state index >= 15 is 0 Å². The van der Waals surface area contributed by atoms with Crippen LogP contribution in [0, 0.1) is 0 Å². The van der Waals surface area contributed by atoms with E-state index in [0.29, 0.717) is 6.54 Å². The number of hydrogen-bond acceptors (Lipinski definition) is 3. The normalized spacial score (nSPS) is 15.2. The van der Waals surface area contributed by atoms with Crippen molar-refractivity contribution >= 4 is 0 Å². The minimum Gasteiger partial charge on any atom is -0.325 e. The Kier molecular flexibility index (Phi) is 1.86. The zero-order valence-electron chi connectivity index (χ0n) is 7.30. The molecule has 1 aliphatic rings. The van der Waals surface area contributed by atoms with Crippen molar-refractivity contribution in [3.8, 4) is 0 Å². The maximum atomic E-state index is 5.66. The second-order valence-electron chi connectivity index (χ2n) is 3.00. The summed E-state index contributed by atoms with van der Waals surface area (Å²) in [4.78, 5) is 0. The van der Waals surface area contributed by atoms with Crippen LogP contribution >= 0.6 is 0 Å². The third-order valence-electron chi connectivity index (χ3n) is 2.34. The Morgan fingerprint density at radius 1 is 1.58 bits per heavy atom. The number of rotatable bonds is 2. The molecular weight excluding hydrogens is 152 g/mol. The Bertz CT molecular complexity index is 289. The number of nitrogens with zero attached hydrogens (tertiary/aromatic N) is 2. The Morgan fingerprint density at radius 2 is 2.42 bits per heavy atom. The molecular formula is C8H14N4. The largest absolute Gasteiger partial charge is 0.325 e. The fourth-order valence-corrected chi connectivity index (χ4v) is 1.73. The van der Waals surface area contributed by atoms with Crippen molar-refractivity contribution in [3.63, 3.8) is 0 Å². The van der Waals surface area contributed by atoms with Gasteiger partial charge in [0.1, 0.15) is 0 Å². The molecule has 66 valence electrons. The number of aromatic nitrogens is 2. The van der Waals surface area contributed by atoms with E-state index in [1.54, 1.807) is 0 Å². The van der Waals surface area contributed by atoms with Crippen LogP contribution in [0.4, 0.5) is 0 Å². The highest BCUT2D eigenvalue weighted by Crippen LogP contribution is 2.18. The van der Waals surface area contributed by atoms with Crippen molar-refractivity contribution < 1.29 is 0 Å². The summed E-state index contributed by atoms with van der Waals surface area (Å²) >= 11 is 0. The minimum atomic E-state index is 0.595. The highest BCUT2D eigenvalue weighted by molar-refractivity contribution is 5.29. The van der Waals surface area contributed by atoms with Gasteiger partial charge in [0.2, 0.25) is 0 Å². The van der Waals surface area contributed by atoms with E-state index in [2.05, 4.69) is 17.3 Å². The summed E-state index contributed by atoms with van der Waals surface area (Å²) in [5.41, 5.74) is 9.34. The maximum absolute atomic E-state index is 5.66. The van der Waals surface area contributed by atoms with Crippen LogP contribution in [0.2, 0.25) is 0 Å². The van der Waals surface area contributed by atoms with E-state index in [1.165, 1.54) is 17.0 Å². The van der Waals surface area contributed by atoms with Gasteiger partial charge in [-0.1, -0.05) is 0 Å². The molecule has 12 heavy (non-hydrogen) atoms. The van der Waals surface area contributed by atoms with Gasteiger partial charge in [-0.25, -0.2) is 0 Å². The molecule has 0 saturated heterocycles. The topological polar surface area (TPSA) is 55.9 Å². The molecule has 1 aromatic rings. The molecule has 1 aromatic heterocycles. The number of nitrogens with one attached hydrogen (secondary N) is 1. The lowest BCUT2D eigenvalue weighted by atomic mass is 10.2. The first kappa shape index (κ1) is 7.76. The summed E-state index contributed by atoms with van der Waals surface area (Å²) in [5.74, 6) is 0. The summed E-state index contributed by atoms with van der Waals surface area (Å²) in [6.07, 6.45) is 0. The molecule has 4 nitrogen and oxygen atoms in total. The second-order valence-corrected chi connectivity index (χ2v) is 3.00. The first-order chi connectivity index (χ1) is 5.86. The zero-order chi connectivity index (χ0) is 8.55. The van der Waals surface area contributed by atoms with E-state index in [-0.39, 0.29) is 0 Å². The molecule has 0 fully saturated rings. The molecule has 4 heteroatoms. The van der Waals surface area contributed by atoms with E-state index in [1.807, 2.05) is 4.68 Å². The van der Waals surface area contributed by atoms with Crippen LogP contribution in [0.5, 0.6) is 0 Å². The lowest BCUT2D eigenvalue weighted by Crippen LogP contribution is -2.12. The molecule has 0 spiro atoms. The van der Waals surface area contributed by atoms with Crippen molar-refractivity contribution in [1.82, 2.24) is 15.1 Å². The highest BCUT2D eigenvalue weighted by atomic mass is 15.3. The third kappa shape index (κ3) is 0.956. The van der Waals surface area contributed by atoms with Crippen molar-refractivity contribution in [2.45, 2.75) is 33.1 Å². The molecule has 0 atom stereocenters. The average molecular weight is 166 g/mol. The maximum Gasteiger partial charge on any atom is 0.0810 e. The van der Waals surface area contributed by atoms with Crippen LogP contribution < -0.4 is 11.1 Å². The lowest BCUT2D eigenvalue weighted by molar-refractivity contribution is 0.594. The summed E-state index contributed by atoms with van der Waals surface area (Å²) in [5, 5.41) is 7.72. The first-order valence-electron chi connectivity index (χ1n) is 4.35. The van der Waals surface area contributed by atoms with Gasteiger partial charge < -0.3 is 11.1 Å². The molecule has 1 aliphatic heterocycles. The number of fused-ring (bicyclic) bond motifs is 1. The molecule has 0 radical (unpaired) electrons. The molecule has 3 N–H and O–H groups in total. The SMILES string of the molecule is CCn1nc2c(c1CN)CNC2. The van der Waals surface area contributed by atoms with Crippen molar-refractivity contribution in [3.05, 3.63) is 17.0 Å². The number of aryl methyl sites for hydroxylation is 1. The fourth-order valence-electron chi connectivity index (χ4n) is 1.73. The van der Waals surface area contributed by atoms with E-state index in [9.17, 15) is 0 Å². The summed E-state index contributed by atoms with van der Waals surface area (Å²) in [7, 11) is 0. The van der Waals surface area contributed by atoms with Gasteiger partial charge in [-0.3, -0.25) is 4.68 Å². The van der Waals surface area contributed by atoms with Gasteiger partial charge in [0, 0.05) is 31.7 Å². The Labute approximate surface area is 71.7 Å². The molecule has 2 heterocycles. The third-order valence-corrected chi connectivity index (χ3v) is 2.34. The second kappa shape index (κ2) is 2.88. The lowest BCUT2D eigenvalue weighted by Gasteiger charge is -2.03. The Morgan fingerprint density at radius 3 is 3.08 bits per heavy atom. The Balaban J connectivity index is 2.46. The molecule has 2 rings (SSSR count). The Hall–Kier alpha value is -0.870. The number of nitrogens with two attached hydrogens (primary N) is 1. The van der Waals surface area contributed by atoms with Gasteiger partial charge in [-0.15, -0.1) is 0 Å². The van der Waals surface area contributed by atoms with Gasteiger partial charge in [0.05, 0.1) is 11.4 Å². The van der Waals surface area contributed by atoms with Gasteiger partial charge in [0.25, 0.3) is 0 Å². The van der Waals surface area contributed by atoms with E-state index < -0.39 is 0 Å². The highest BCUT2D eigenvalue weighted by Gasteiger charge is 2.19. The summed E-state index contributed by atoms with van der Waals surface area (Å²) in [6, 6.07) is 0. The number of hydrogen-bond donors (Lipinski definition) is 2. The predicted molar refractivity (Wildman–Crippen MR) is 46.3 cm³/mol. The van der Waals surface area contributed by atoms with Crippen LogP contribution in [-0.2, 0) is 26.2 Å². The zero-order valence-corrected chi connectivity index (χ0v) is 7.30. The molecule has 0 bridgehead atoms. The minimum absolute atomic E-state index is 0.595. The fraction of sp³-hybridized carbons (Fsp3) is 0.625. The van der Waals surface area contributed by atoms with Crippen LogP contribution in [-0.4, -0.2) is 9.78 Å². The quantitative estimate of drug-likeness (QED) is 0.648.